The van der Waals surface area contributed by atoms with Crippen molar-refractivity contribution in [2.75, 3.05) is 13.2 Å². The van der Waals surface area contributed by atoms with Crippen LogP contribution in [0.3, 0.4) is 0 Å². The summed E-state index contributed by atoms with van der Waals surface area (Å²) >= 11 is 0. The Bertz CT molecular complexity index is 394. The molecule has 1 aliphatic rings. The van der Waals surface area contributed by atoms with Crippen molar-refractivity contribution in [3.05, 3.63) is 29.8 Å². The third-order valence-electron chi connectivity index (χ3n) is 3.11. The maximum Gasteiger partial charge on any atom is 0.119 e. The van der Waals surface area contributed by atoms with E-state index >= 15 is 0 Å². The van der Waals surface area contributed by atoms with E-state index in [1.807, 2.05) is 31.2 Å². The maximum absolute atomic E-state index is 8.85. The molecule has 18 heavy (non-hydrogen) atoms. The van der Waals surface area contributed by atoms with Gasteiger partial charge in [0.25, 0.3) is 0 Å². The first kappa shape index (κ1) is 12.9. The van der Waals surface area contributed by atoms with E-state index < -0.39 is 0 Å². The molecule has 2 rings (SSSR count). The first-order valence-corrected chi connectivity index (χ1v) is 6.39. The molecular formula is C14H19NO3. The summed E-state index contributed by atoms with van der Waals surface area (Å²) in [5.41, 5.74) is 1.62. The molecule has 0 aromatic heterocycles. The highest BCUT2D eigenvalue weighted by Crippen LogP contribution is 2.19. The summed E-state index contributed by atoms with van der Waals surface area (Å²) in [6.07, 6.45) is 2.85. The van der Waals surface area contributed by atoms with Crippen LogP contribution in [-0.2, 0) is 4.74 Å². The molecule has 1 saturated heterocycles. The lowest BCUT2D eigenvalue weighted by Gasteiger charge is -2.23. The third kappa shape index (κ3) is 3.23. The van der Waals surface area contributed by atoms with Crippen molar-refractivity contribution in [3.8, 4) is 5.75 Å². The van der Waals surface area contributed by atoms with E-state index in [4.69, 9.17) is 14.7 Å². The predicted molar refractivity (Wildman–Crippen MR) is 69.5 cm³/mol. The summed E-state index contributed by atoms with van der Waals surface area (Å²) in [6, 6.07) is 7.69. The van der Waals surface area contributed by atoms with Crippen LogP contribution in [0.25, 0.3) is 0 Å². The lowest BCUT2D eigenvalue weighted by atomic mass is 10.1. The van der Waals surface area contributed by atoms with Gasteiger partial charge in [0, 0.05) is 12.8 Å². The number of hydrogen-bond donors (Lipinski definition) is 1. The van der Waals surface area contributed by atoms with Crippen molar-refractivity contribution in [1.29, 1.82) is 0 Å². The Morgan fingerprint density at radius 1 is 1.33 bits per heavy atom. The van der Waals surface area contributed by atoms with E-state index in [0.29, 0.717) is 12.1 Å². The smallest absolute Gasteiger partial charge is 0.119 e. The molecule has 1 aromatic rings. The van der Waals surface area contributed by atoms with E-state index in [1.165, 1.54) is 0 Å². The Kier molecular flexibility index (Phi) is 4.59. The van der Waals surface area contributed by atoms with E-state index in [1.54, 1.807) is 0 Å². The highest BCUT2D eigenvalue weighted by Gasteiger charge is 2.15. The third-order valence-corrected chi connectivity index (χ3v) is 3.11. The predicted octanol–water partition coefficient (Wildman–Crippen LogP) is 2.83. The molecular weight excluding hydrogens is 230 g/mol. The Labute approximate surface area is 107 Å². The molecule has 4 heteroatoms. The summed E-state index contributed by atoms with van der Waals surface area (Å²) in [5.74, 6) is 0.860. The topological polar surface area (TPSA) is 51.1 Å². The Morgan fingerprint density at radius 3 is 2.56 bits per heavy atom. The normalized spacial score (nSPS) is 17.7. The van der Waals surface area contributed by atoms with Gasteiger partial charge in [0.15, 0.2) is 0 Å². The molecule has 0 aliphatic carbocycles. The molecule has 98 valence electrons. The molecule has 0 radical (unpaired) electrons. The van der Waals surface area contributed by atoms with Crippen LogP contribution in [0, 0.1) is 0 Å². The van der Waals surface area contributed by atoms with Crippen molar-refractivity contribution < 1.29 is 14.7 Å². The van der Waals surface area contributed by atoms with Gasteiger partial charge in [-0.3, -0.25) is 0 Å². The lowest BCUT2D eigenvalue weighted by Crippen LogP contribution is -2.25. The summed E-state index contributed by atoms with van der Waals surface area (Å²) in [6.45, 7) is 3.52. The zero-order chi connectivity index (χ0) is 12.8. The quantitative estimate of drug-likeness (QED) is 0.507. The van der Waals surface area contributed by atoms with Crippen molar-refractivity contribution >= 4 is 5.71 Å². The van der Waals surface area contributed by atoms with Gasteiger partial charge in [0.05, 0.1) is 18.9 Å². The van der Waals surface area contributed by atoms with Gasteiger partial charge in [-0.1, -0.05) is 12.1 Å². The number of hydrogen-bond acceptors (Lipinski definition) is 4. The standard InChI is InChI=1S/C14H19NO3/c1-2-14(15-16)11-3-5-12(6-4-11)18-13-7-9-17-10-8-13/h3-6,13,16H,2,7-10H2,1H3. The molecule has 1 N–H and O–H groups in total. The minimum Gasteiger partial charge on any atom is -0.490 e. The van der Waals surface area contributed by atoms with Crippen molar-refractivity contribution in [3.63, 3.8) is 0 Å². The fourth-order valence-corrected chi connectivity index (χ4v) is 2.04. The van der Waals surface area contributed by atoms with Crippen LogP contribution in [0.4, 0.5) is 0 Å². The fraction of sp³-hybridized carbons (Fsp3) is 0.500. The van der Waals surface area contributed by atoms with Crippen LogP contribution < -0.4 is 4.74 Å². The molecule has 0 atom stereocenters. The van der Waals surface area contributed by atoms with Gasteiger partial charge in [0.2, 0.25) is 0 Å². The SMILES string of the molecule is CCC(=NO)c1ccc(OC2CCOCC2)cc1. The first-order chi connectivity index (χ1) is 8.83. The zero-order valence-electron chi connectivity index (χ0n) is 10.6. The number of rotatable bonds is 4. The van der Waals surface area contributed by atoms with E-state index in [9.17, 15) is 0 Å². The van der Waals surface area contributed by atoms with Crippen LogP contribution in [0.1, 0.15) is 31.7 Å². The van der Waals surface area contributed by atoms with Crippen molar-refractivity contribution in [2.45, 2.75) is 32.3 Å². The summed E-state index contributed by atoms with van der Waals surface area (Å²) < 4.78 is 11.2. The molecule has 1 aromatic carbocycles. The van der Waals surface area contributed by atoms with Crippen molar-refractivity contribution in [1.82, 2.24) is 0 Å². The molecule has 0 saturated carbocycles. The highest BCUT2D eigenvalue weighted by molar-refractivity contribution is 6.00. The Balaban J connectivity index is 1.98. The van der Waals surface area contributed by atoms with Gasteiger partial charge >= 0.3 is 0 Å². The first-order valence-electron chi connectivity index (χ1n) is 6.39. The van der Waals surface area contributed by atoms with Crippen molar-refractivity contribution in [2.24, 2.45) is 5.16 Å². The molecule has 0 unspecified atom stereocenters. The zero-order valence-corrected chi connectivity index (χ0v) is 10.6. The van der Waals surface area contributed by atoms with Gasteiger partial charge < -0.3 is 14.7 Å². The second kappa shape index (κ2) is 6.40. The summed E-state index contributed by atoms with van der Waals surface area (Å²) in [4.78, 5) is 0. The lowest BCUT2D eigenvalue weighted by molar-refractivity contribution is 0.0256. The van der Waals surface area contributed by atoms with Crippen LogP contribution in [0.5, 0.6) is 5.75 Å². The van der Waals surface area contributed by atoms with Crippen LogP contribution in [-0.4, -0.2) is 30.2 Å². The molecule has 1 heterocycles. The monoisotopic (exact) mass is 249 g/mol. The number of benzene rings is 1. The molecule has 1 fully saturated rings. The number of nitrogens with zero attached hydrogens (tertiary/aromatic N) is 1. The van der Waals surface area contributed by atoms with Gasteiger partial charge in [-0.25, -0.2) is 0 Å². The van der Waals surface area contributed by atoms with E-state index in [-0.39, 0.29) is 6.10 Å². The Morgan fingerprint density at radius 2 is 2.00 bits per heavy atom. The largest absolute Gasteiger partial charge is 0.490 e. The Hall–Kier alpha value is -1.55. The molecule has 4 nitrogen and oxygen atoms in total. The van der Waals surface area contributed by atoms with Gasteiger partial charge in [-0.15, -0.1) is 0 Å². The summed E-state index contributed by atoms with van der Waals surface area (Å²) in [7, 11) is 0. The second-order valence-electron chi connectivity index (χ2n) is 4.35. The van der Waals surface area contributed by atoms with Gasteiger partial charge in [-0.05, 0) is 36.2 Å². The average Bonchev–Trinajstić information content (AvgIpc) is 2.43. The highest BCUT2D eigenvalue weighted by atomic mass is 16.5. The number of ether oxygens (including phenoxy) is 2. The minimum absolute atomic E-state index is 0.252. The molecule has 0 amide bonds. The molecule has 0 bridgehead atoms. The minimum atomic E-state index is 0.252. The van der Waals surface area contributed by atoms with E-state index in [0.717, 1.165) is 37.4 Å². The average molecular weight is 249 g/mol. The number of oxime groups is 1. The molecule has 0 spiro atoms. The van der Waals surface area contributed by atoms with Crippen LogP contribution >= 0.6 is 0 Å². The van der Waals surface area contributed by atoms with Crippen LogP contribution in [0.15, 0.2) is 29.4 Å². The maximum atomic E-state index is 8.85. The summed E-state index contributed by atoms with van der Waals surface area (Å²) in [5, 5.41) is 12.1. The second-order valence-corrected chi connectivity index (χ2v) is 4.35. The van der Waals surface area contributed by atoms with Crippen LogP contribution in [0.2, 0.25) is 0 Å². The van der Waals surface area contributed by atoms with Gasteiger partial charge in [0.1, 0.15) is 11.9 Å². The molecule has 1 aliphatic heterocycles. The van der Waals surface area contributed by atoms with Gasteiger partial charge in [-0.2, -0.15) is 0 Å². The van der Waals surface area contributed by atoms with E-state index in [2.05, 4.69) is 5.16 Å². The fourth-order valence-electron chi connectivity index (χ4n) is 2.04.